The summed E-state index contributed by atoms with van der Waals surface area (Å²) in [7, 11) is 0. The van der Waals surface area contributed by atoms with E-state index in [0.717, 1.165) is 0 Å². The molecule has 23 heavy (non-hydrogen) atoms. The van der Waals surface area contributed by atoms with Gasteiger partial charge < -0.3 is 14.8 Å². The highest BCUT2D eigenvalue weighted by molar-refractivity contribution is 6.34. The maximum absolute atomic E-state index is 6.01. The summed E-state index contributed by atoms with van der Waals surface area (Å²) in [4.78, 5) is 0. The topological polar surface area (TPSA) is 30.5 Å². The maximum atomic E-state index is 6.01. The van der Waals surface area contributed by atoms with Gasteiger partial charge in [0.2, 0.25) is 0 Å². The average Bonchev–Trinajstić information content (AvgIpc) is 2.52. The molecule has 0 amide bonds. The first-order chi connectivity index (χ1) is 11.1. The lowest BCUT2D eigenvalue weighted by molar-refractivity contribution is 0.289. The van der Waals surface area contributed by atoms with Crippen LogP contribution in [0.2, 0.25) is 20.1 Å². The van der Waals surface area contributed by atoms with Crippen molar-refractivity contribution in [3.63, 3.8) is 0 Å². The molecule has 0 bridgehead atoms. The SMILES string of the molecule is Clc1ccc(Cl)c(OCCNCCOc2cc(Cl)ccc2Cl)c1. The van der Waals surface area contributed by atoms with Crippen molar-refractivity contribution in [2.75, 3.05) is 26.3 Å². The summed E-state index contributed by atoms with van der Waals surface area (Å²) >= 11 is 23.8. The van der Waals surface area contributed by atoms with Gasteiger partial charge in [0.15, 0.2) is 0 Å². The average molecular weight is 395 g/mol. The van der Waals surface area contributed by atoms with E-state index in [9.17, 15) is 0 Å². The molecule has 0 saturated heterocycles. The van der Waals surface area contributed by atoms with Crippen LogP contribution in [0.3, 0.4) is 0 Å². The zero-order chi connectivity index (χ0) is 16.7. The van der Waals surface area contributed by atoms with Gasteiger partial charge in [-0.15, -0.1) is 0 Å². The highest BCUT2D eigenvalue weighted by Crippen LogP contribution is 2.28. The molecule has 124 valence electrons. The van der Waals surface area contributed by atoms with Gasteiger partial charge in [-0.1, -0.05) is 46.4 Å². The Kier molecular flexibility index (Phi) is 7.60. The third-order valence-electron chi connectivity index (χ3n) is 2.86. The summed E-state index contributed by atoms with van der Waals surface area (Å²) in [5, 5.41) is 5.44. The van der Waals surface area contributed by atoms with Crippen molar-refractivity contribution in [2.45, 2.75) is 0 Å². The Morgan fingerprint density at radius 2 is 1.13 bits per heavy atom. The molecule has 0 aromatic heterocycles. The second-order valence-electron chi connectivity index (χ2n) is 4.60. The van der Waals surface area contributed by atoms with Crippen LogP contribution in [0.25, 0.3) is 0 Å². The number of ether oxygens (including phenoxy) is 2. The van der Waals surface area contributed by atoms with Crippen LogP contribution in [0, 0.1) is 0 Å². The Hall–Kier alpha value is -0.840. The molecule has 0 atom stereocenters. The molecule has 2 aromatic carbocycles. The molecular weight excluding hydrogens is 380 g/mol. The summed E-state index contributed by atoms with van der Waals surface area (Å²) in [5.41, 5.74) is 0. The third-order valence-corrected chi connectivity index (χ3v) is 3.95. The van der Waals surface area contributed by atoms with Crippen LogP contribution >= 0.6 is 46.4 Å². The first-order valence-corrected chi connectivity index (χ1v) is 8.44. The zero-order valence-electron chi connectivity index (χ0n) is 12.1. The first-order valence-electron chi connectivity index (χ1n) is 6.92. The molecule has 0 fully saturated rings. The molecule has 0 aliphatic carbocycles. The zero-order valence-corrected chi connectivity index (χ0v) is 15.1. The minimum Gasteiger partial charge on any atom is -0.491 e. The monoisotopic (exact) mass is 393 g/mol. The van der Waals surface area contributed by atoms with E-state index >= 15 is 0 Å². The molecule has 7 heteroatoms. The van der Waals surface area contributed by atoms with Gasteiger partial charge in [0.05, 0.1) is 10.0 Å². The van der Waals surface area contributed by atoms with Gasteiger partial charge in [-0.05, 0) is 24.3 Å². The Balaban J connectivity index is 1.63. The maximum Gasteiger partial charge on any atom is 0.139 e. The molecule has 0 aliphatic heterocycles. The number of halogens is 4. The lowest BCUT2D eigenvalue weighted by Gasteiger charge is -2.11. The number of hydrogen-bond donors (Lipinski definition) is 1. The van der Waals surface area contributed by atoms with Crippen molar-refractivity contribution < 1.29 is 9.47 Å². The molecule has 0 aliphatic rings. The van der Waals surface area contributed by atoms with Gasteiger partial charge in [0.25, 0.3) is 0 Å². The summed E-state index contributed by atoms with van der Waals surface area (Å²) in [5.74, 6) is 1.14. The van der Waals surface area contributed by atoms with Crippen LogP contribution < -0.4 is 14.8 Å². The van der Waals surface area contributed by atoms with Crippen molar-refractivity contribution in [3.05, 3.63) is 56.5 Å². The molecule has 2 aromatic rings. The van der Waals surface area contributed by atoms with Crippen LogP contribution in [0.15, 0.2) is 36.4 Å². The van der Waals surface area contributed by atoms with E-state index in [1.54, 1.807) is 36.4 Å². The summed E-state index contributed by atoms with van der Waals surface area (Å²) in [6.07, 6.45) is 0. The number of hydrogen-bond acceptors (Lipinski definition) is 3. The molecule has 0 heterocycles. The highest BCUT2D eigenvalue weighted by atomic mass is 35.5. The Bertz CT molecular complexity index is 596. The van der Waals surface area contributed by atoms with Gasteiger partial charge in [-0.3, -0.25) is 0 Å². The second kappa shape index (κ2) is 9.45. The van der Waals surface area contributed by atoms with E-state index in [1.165, 1.54) is 0 Å². The molecule has 2 rings (SSSR count). The Morgan fingerprint density at radius 3 is 1.57 bits per heavy atom. The molecule has 0 saturated carbocycles. The van der Waals surface area contributed by atoms with Gasteiger partial charge in [0.1, 0.15) is 24.7 Å². The van der Waals surface area contributed by atoms with Crippen LogP contribution in [0.4, 0.5) is 0 Å². The molecule has 0 radical (unpaired) electrons. The van der Waals surface area contributed by atoms with Crippen LogP contribution in [-0.2, 0) is 0 Å². The molecule has 0 spiro atoms. The fraction of sp³-hybridized carbons (Fsp3) is 0.250. The summed E-state index contributed by atoms with van der Waals surface area (Å²) < 4.78 is 11.1. The smallest absolute Gasteiger partial charge is 0.139 e. The van der Waals surface area contributed by atoms with Gasteiger partial charge in [0, 0.05) is 35.3 Å². The minimum absolute atomic E-state index is 0.470. The van der Waals surface area contributed by atoms with Crippen molar-refractivity contribution in [1.29, 1.82) is 0 Å². The van der Waals surface area contributed by atoms with Crippen molar-refractivity contribution in [2.24, 2.45) is 0 Å². The normalized spacial score (nSPS) is 10.6. The molecule has 1 N–H and O–H groups in total. The largest absolute Gasteiger partial charge is 0.491 e. The molecule has 0 unspecified atom stereocenters. The highest BCUT2D eigenvalue weighted by Gasteiger charge is 2.03. The predicted octanol–water partition coefficient (Wildman–Crippen LogP) is 5.35. The van der Waals surface area contributed by atoms with Crippen LogP contribution in [0.5, 0.6) is 11.5 Å². The van der Waals surface area contributed by atoms with Crippen molar-refractivity contribution >= 4 is 46.4 Å². The van der Waals surface area contributed by atoms with E-state index in [-0.39, 0.29) is 0 Å². The van der Waals surface area contributed by atoms with E-state index in [4.69, 9.17) is 55.9 Å². The Labute approximate surface area is 155 Å². The minimum atomic E-state index is 0.470. The van der Waals surface area contributed by atoms with Crippen LogP contribution in [0.1, 0.15) is 0 Å². The predicted molar refractivity (Wildman–Crippen MR) is 96.8 cm³/mol. The first kappa shape index (κ1) is 18.5. The van der Waals surface area contributed by atoms with Crippen molar-refractivity contribution in [3.8, 4) is 11.5 Å². The lowest BCUT2D eigenvalue weighted by atomic mass is 10.3. The van der Waals surface area contributed by atoms with Gasteiger partial charge >= 0.3 is 0 Å². The summed E-state index contributed by atoms with van der Waals surface area (Å²) in [6.45, 7) is 2.24. The Morgan fingerprint density at radius 1 is 0.696 bits per heavy atom. The fourth-order valence-corrected chi connectivity index (χ4v) is 2.44. The quantitative estimate of drug-likeness (QED) is 0.612. The fourth-order valence-electron chi connectivity index (χ4n) is 1.77. The van der Waals surface area contributed by atoms with E-state index in [0.29, 0.717) is 57.9 Å². The van der Waals surface area contributed by atoms with E-state index in [2.05, 4.69) is 5.32 Å². The van der Waals surface area contributed by atoms with Crippen LogP contribution in [-0.4, -0.2) is 26.3 Å². The molecule has 3 nitrogen and oxygen atoms in total. The second-order valence-corrected chi connectivity index (χ2v) is 6.28. The van der Waals surface area contributed by atoms with Gasteiger partial charge in [-0.25, -0.2) is 0 Å². The number of nitrogens with one attached hydrogen (secondary N) is 1. The number of benzene rings is 2. The lowest BCUT2D eigenvalue weighted by Crippen LogP contribution is -2.26. The standard InChI is InChI=1S/C16H15Cl4NO2/c17-11-1-3-13(19)15(9-11)22-7-5-21-6-8-23-16-10-12(18)2-4-14(16)20/h1-4,9-10,21H,5-8H2. The third kappa shape index (κ3) is 6.28. The van der Waals surface area contributed by atoms with Gasteiger partial charge in [-0.2, -0.15) is 0 Å². The van der Waals surface area contributed by atoms with Crippen molar-refractivity contribution in [1.82, 2.24) is 5.32 Å². The summed E-state index contributed by atoms with van der Waals surface area (Å²) in [6, 6.07) is 10.2. The number of rotatable bonds is 8. The van der Waals surface area contributed by atoms with E-state index in [1.807, 2.05) is 0 Å². The molecular formula is C16H15Cl4NO2. The van der Waals surface area contributed by atoms with E-state index < -0.39 is 0 Å².